The first-order valence-electron chi connectivity index (χ1n) is 4.39. The normalized spacial score (nSPS) is 27.7. The van der Waals surface area contributed by atoms with Gasteiger partial charge in [0, 0.05) is 0 Å². The van der Waals surface area contributed by atoms with E-state index in [1.54, 1.807) is 0 Å². The first-order chi connectivity index (χ1) is 7.30. The van der Waals surface area contributed by atoms with Crippen molar-refractivity contribution < 1.29 is 30.0 Å². The van der Waals surface area contributed by atoms with Crippen LogP contribution >= 0.6 is 0 Å². The highest BCUT2D eigenvalue weighted by atomic mass is 16.4. The van der Waals surface area contributed by atoms with Gasteiger partial charge in [0.25, 0.3) is 0 Å². The van der Waals surface area contributed by atoms with Crippen LogP contribution in [-0.4, -0.2) is 62.2 Å². The summed E-state index contributed by atoms with van der Waals surface area (Å²) in [4.78, 5) is 22.6. The van der Waals surface area contributed by atoms with Gasteiger partial charge >= 0.3 is 11.9 Å². The first-order valence-corrected chi connectivity index (χ1v) is 4.39. The van der Waals surface area contributed by atoms with Crippen molar-refractivity contribution in [3.05, 3.63) is 0 Å². The molecular formula is C7H13N3O6. The molecule has 1 aliphatic heterocycles. The molecule has 0 bridgehead atoms. The quantitative estimate of drug-likeness (QED) is 0.281. The predicted molar refractivity (Wildman–Crippen MR) is 48.7 cm³/mol. The number of aliphatic carboxylic acids is 2. The number of nitrogens with zero attached hydrogens (tertiary/aromatic N) is 1. The molecule has 1 saturated heterocycles. The van der Waals surface area contributed by atoms with Gasteiger partial charge < -0.3 is 20.4 Å². The summed E-state index contributed by atoms with van der Waals surface area (Å²) in [6.45, 7) is 0.659. The molecule has 1 heterocycles. The Kier molecular flexibility index (Phi) is 3.45. The number of carbonyl (C=O) groups is 2. The zero-order valence-corrected chi connectivity index (χ0v) is 8.41. The lowest BCUT2D eigenvalue weighted by Gasteiger charge is -2.42. The SMILES string of the molecule is CC(C(=O)O)(C(=O)O)N1CNC(O)NC1O. The summed E-state index contributed by atoms with van der Waals surface area (Å²) in [7, 11) is 0. The average molecular weight is 235 g/mol. The zero-order valence-electron chi connectivity index (χ0n) is 8.41. The van der Waals surface area contributed by atoms with Crippen molar-refractivity contribution in [1.29, 1.82) is 0 Å². The maximum absolute atomic E-state index is 10.9. The number of nitrogens with one attached hydrogen (secondary N) is 2. The summed E-state index contributed by atoms with van der Waals surface area (Å²) < 4.78 is 0. The van der Waals surface area contributed by atoms with Gasteiger partial charge in [0.2, 0.25) is 5.54 Å². The van der Waals surface area contributed by atoms with Crippen LogP contribution in [0, 0.1) is 0 Å². The molecule has 1 aliphatic rings. The van der Waals surface area contributed by atoms with Crippen molar-refractivity contribution in [2.45, 2.75) is 25.2 Å². The number of carboxylic acid groups (broad SMARTS) is 2. The molecule has 1 rings (SSSR count). The van der Waals surface area contributed by atoms with Crippen LogP contribution in [0.2, 0.25) is 0 Å². The molecule has 6 N–H and O–H groups in total. The average Bonchev–Trinajstić information content (AvgIpc) is 2.15. The van der Waals surface area contributed by atoms with Crippen LogP contribution in [-0.2, 0) is 9.59 Å². The highest BCUT2D eigenvalue weighted by Gasteiger charge is 2.51. The molecular weight excluding hydrogens is 222 g/mol. The van der Waals surface area contributed by atoms with Crippen LogP contribution in [0.5, 0.6) is 0 Å². The van der Waals surface area contributed by atoms with Crippen molar-refractivity contribution in [2.75, 3.05) is 6.67 Å². The van der Waals surface area contributed by atoms with Gasteiger partial charge in [0.05, 0.1) is 6.67 Å². The van der Waals surface area contributed by atoms with Gasteiger partial charge in [-0.15, -0.1) is 0 Å². The monoisotopic (exact) mass is 235 g/mol. The van der Waals surface area contributed by atoms with Crippen molar-refractivity contribution in [1.82, 2.24) is 15.5 Å². The molecule has 1 fully saturated rings. The molecule has 0 aromatic heterocycles. The van der Waals surface area contributed by atoms with Crippen LogP contribution in [0.3, 0.4) is 0 Å². The van der Waals surface area contributed by atoms with E-state index in [0.29, 0.717) is 0 Å². The molecule has 0 radical (unpaired) electrons. The fourth-order valence-electron chi connectivity index (χ4n) is 1.30. The van der Waals surface area contributed by atoms with E-state index in [2.05, 4.69) is 10.6 Å². The molecule has 0 saturated carbocycles. The largest absolute Gasteiger partial charge is 0.479 e. The Morgan fingerprint density at radius 1 is 1.31 bits per heavy atom. The third kappa shape index (κ3) is 1.99. The highest BCUT2D eigenvalue weighted by molar-refractivity contribution is 6.02. The van der Waals surface area contributed by atoms with Gasteiger partial charge in [-0.05, 0) is 6.92 Å². The highest BCUT2D eigenvalue weighted by Crippen LogP contribution is 2.18. The molecule has 0 amide bonds. The Morgan fingerprint density at radius 3 is 2.19 bits per heavy atom. The molecule has 0 aromatic rings. The number of aliphatic hydroxyl groups is 2. The lowest BCUT2D eigenvalue weighted by molar-refractivity contribution is -0.192. The molecule has 9 heteroatoms. The fraction of sp³-hybridized carbons (Fsp3) is 0.714. The molecule has 0 spiro atoms. The zero-order chi connectivity index (χ0) is 12.5. The maximum atomic E-state index is 10.9. The minimum atomic E-state index is -2.29. The van der Waals surface area contributed by atoms with E-state index in [4.69, 9.17) is 15.3 Å². The summed E-state index contributed by atoms with van der Waals surface area (Å²) in [6, 6.07) is 0. The summed E-state index contributed by atoms with van der Waals surface area (Å²) in [5, 5.41) is 40.8. The van der Waals surface area contributed by atoms with E-state index in [9.17, 15) is 14.7 Å². The molecule has 0 aliphatic carbocycles. The van der Waals surface area contributed by atoms with Crippen LogP contribution in [0.15, 0.2) is 0 Å². The maximum Gasteiger partial charge on any atom is 0.335 e. The third-order valence-corrected chi connectivity index (χ3v) is 2.46. The minimum Gasteiger partial charge on any atom is -0.479 e. The standard InChI is InChI=1S/C7H13N3O6/c1-7(3(11)12,4(13)14)10-2-8-5(15)9-6(10)16/h5-6,8-9,15-16H,2H2,1H3,(H,11,12)(H,13,14). The number of hydrogen-bond acceptors (Lipinski definition) is 7. The lowest BCUT2D eigenvalue weighted by Crippen LogP contribution is -2.72. The van der Waals surface area contributed by atoms with E-state index >= 15 is 0 Å². The van der Waals surface area contributed by atoms with Crippen molar-refractivity contribution in [2.24, 2.45) is 0 Å². The first kappa shape index (κ1) is 12.8. The van der Waals surface area contributed by atoms with Gasteiger partial charge in [-0.25, -0.2) is 19.8 Å². The summed E-state index contributed by atoms with van der Waals surface area (Å²) in [5.41, 5.74) is -2.29. The molecule has 0 aromatic carbocycles. The molecule has 2 unspecified atom stereocenters. The minimum absolute atomic E-state index is 0.287. The smallest absolute Gasteiger partial charge is 0.335 e. The summed E-state index contributed by atoms with van der Waals surface area (Å²) >= 11 is 0. The van der Waals surface area contributed by atoms with Crippen molar-refractivity contribution in [3.8, 4) is 0 Å². The van der Waals surface area contributed by atoms with Gasteiger partial charge in [-0.1, -0.05) is 0 Å². The van der Waals surface area contributed by atoms with Crippen molar-refractivity contribution >= 4 is 11.9 Å². The van der Waals surface area contributed by atoms with E-state index in [1.165, 1.54) is 0 Å². The van der Waals surface area contributed by atoms with Crippen LogP contribution in [0.4, 0.5) is 0 Å². The van der Waals surface area contributed by atoms with Gasteiger partial charge in [0.1, 0.15) is 0 Å². The lowest BCUT2D eigenvalue weighted by atomic mass is 10.0. The van der Waals surface area contributed by atoms with Crippen LogP contribution in [0.25, 0.3) is 0 Å². The van der Waals surface area contributed by atoms with E-state index in [1.807, 2.05) is 0 Å². The second kappa shape index (κ2) is 4.31. The van der Waals surface area contributed by atoms with Gasteiger partial charge in [-0.2, -0.15) is 0 Å². The van der Waals surface area contributed by atoms with Gasteiger partial charge in [-0.3, -0.25) is 5.32 Å². The fourth-order valence-corrected chi connectivity index (χ4v) is 1.30. The Bertz CT molecular complexity index is 294. The van der Waals surface area contributed by atoms with E-state index in [0.717, 1.165) is 11.8 Å². The summed E-state index contributed by atoms with van der Waals surface area (Å²) in [6.07, 6.45) is -2.80. The molecule has 2 atom stereocenters. The Balaban J connectivity index is 2.96. The van der Waals surface area contributed by atoms with E-state index in [-0.39, 0.29) is 6.67 Å². The Hall–Kier alpha value is -1.26. The number of hydrogen-bond donors (Lipinski definition) is 6. The molecule has 9 nitrogen and oxygen atoms in total. The number of rotatable bonds is 3. The third-order valence-electron chi connectivity index (χ3n) is 2.46. The van der Waals surface area contributed by atoms with Crippen LogP contribution < -0.4 is 10.6 Å². The predicted octanol–water partition coefficient (Wildman–Crippen LogP) is -3.08. The number of aliphatic hydroxyl groups excluding tert-OH is 2. The molecule has 92 valence electrons. The molecule has 16 heavy (non-hydrogen) atoms. The summed E-state index contributed by atoms with van der Waals surface area (Å²) in [5.74, 6) is -3.22. The Labute approximate surface area is 90.3 Å². The van der Waals surface area contributed by atoms with Crippen molar-refractivity contribution in [3.63, 3.8) is 0 Å². The van der Waals surface area contributed by atoms with Gasteiger partial charge in [0.15, 0.2) is 12.7 Å². The second-order valence-corrected chi connectivity index (χ2v) is 3.46. The second-order valence-electron chi connectivity index (χ2n) is 3.46. The van der Waals surface area contributed by atoms with Crippen LogP contribution in [0.1, 0.15) is 6.92 Å². The topological polar surface area (TPSA) is 142 Å². The number of carboxylic acids is 2. The Morgan fingerprint density at radius 2 is 1.81 bits per heavy atom. The van der Waals surface area contributed by atoms with E-state index < -0.39 is 30.2 Å².